The van der Waals surface area contributed by atoms with Crippen LogP contribution in [-0.4, -0.2) is 98.1 Å². The SMILES string of the molecule is COC(=O)N[C@H](C(=O)N1CCCC1c1nc(-c2ccc3nc(-c4ccc(-c5cnc([C@@H]6CCCN6C(=O)[C@@H](NC(=O)OC)C(C)C)[nH]5)cc4F)ccc3c2)c[nH]1)C(C)C. The summed E-state index contributed by atoms with van der Waals surface area (Å²) in [4.78, 5) is 75.4. The van der Waals surface area contributed by atoms with Gasteiger partial charge in [-0.15, -0.1) is 0 Å². The molecular formula is C43H50FN9O6. The summed E-state index contributed by atoms with van der Waals surface area (Å²) in [6.07, 6.45) is 5.19. The Morgan fingerprint density at radius 2 is 1.37 bits per heavy atom. The van der Waals surface area contributed by atoms with E-state index < -0.39 is 30.1 Å². The van der Waals surface area contributed by atoms with Crippen molar-refractivity contribution in [1.29, 1.82) is 0 Å². The molecule has 1 unspecified atom stereocenters. The lowest BCUT2D eigenvalue weighted by Crippen LogP contribution is -2.51. The van der Waals surface area contributed by atoms with E-state index in [9.17, 15) is 19.2 Å². The van der Waals surface area contributed by atoms with Gasteiger partial charge in [-0.05, 0) is 67.9 Å². The monoisotopic (exact) mass is 807 g/mol. The van der Waals surface area contributed by atoms with Crippen molar-refractivity contribution in [1.82, 2.24) is 45.4 Å². The summed E-state index contributed by atoms with van der Waals surface area (Å²) in [6.45, 7) is 8.58. The molecule has 2 fully saturated rings. The lowest BCUT2D eigenvalue weighted by atomic mass is 10.0. The molecule has 59 heavy (non-hydrogen) atoms. The number of aromatic nitrogens is 5. The van der Waals surface area contributed by atoms with E-state index in [2.05, 4.69) is 25.6 Å². The Bertz CT molecular complexity index is 2360. The number of hydrogen-bond donors (Lipinski definition) is 4. The minimum Gasteiger partial charge on any atom is -0.453 e. The molecule has 16 heteroatoms. The Morgan fingerprint density at radius 1 is 0.763 bits per heavy atom. The lowest BCUT2D eigenvalue weighted by Gasteiger charge is -2.30. The van der Waals surface area contributed by atoms with Crippen LogP contribution in [0.4, 0.5) is 14.0 Å². The molecule has 2 aliphatic heterocycles. The normalized spacial score (nSPS) is 17.7. The third-order valence-corrected chi connectivity index (χ3v) is 11.2. The fraction of sp³-hybridized carbons (Fsp3) is 0.419. The molecule has 2 aliphatic rings. The predicted molar refractivity (Wildman–Crippen MR) is 218 cm³/mol. The van der Waals surface area contributed by atoms with Gasteiger partial charge < -0.3 is 39.9 Å². The number of aromatic amines is 2. The van der Waals surface area contributed by atoms with Crippen molar-refractivity contribution in [2.75, 3.05) is 27.3 Å². The maximum atomic E-state index is 15.8. The van der Waals surface area contributed by atoms with Gasteiger partial charge in [0.25, 0.3) is 0 Å². The topological polar surface area (TPSA) is 188 Å². The number of fused-ring (bicyclic) bond motifs is 1. The number of nitrogens with one attached hydrogen (secondary N) is 4. The summed E-state index contributed by atoms with van der Waals surface area (Å²) in [5, 5.41) is 6.19. The van der Waals surface area contributed by atoms with Crippen LogP contribution in [0.2, 0.25) is 0 Å². The van der Waals surface area contributed by atoms with Crippen molar-refractivity contribution >= 4 is 34.9 Å². The maximum Gasteiger partial charge on any atom is 0.407 e. The van der Waals surface area contributed by atoms with Gasteiger partial charge in [0.15, 0.2) is 0 Å². The van der Waals surface area contributed by atoms with Crippen LogP contribution in [0.3, 0.4) is 0 Å². The summed E-state index contributed by atoms with van der Waals surface area (Å²) >= 11 is 0. The zero-order valence-electron chi connectivity index (χ0n) is 34.0. The van der Waals surface area contributed by atoms with Gasteiger partial charge >= 0.3 is 12.2 Å². The minimum absolute atomic E-state index is 0.133. The number of alkyl carbamates (subject to hydrolysis) is 2. The molecule has 0 radical (unpaired) electrons. The number of hydrogen-bond acceptors (Lipinski definition) is 9. The molecule has 5 heterocycles. The summed E-state index contributed by atoms with van der Waals surface area (Å²) in [5.41, 5.74) is 4.29. The lowest BCUT2D eigenvalue weighted by molar-refractivity contribution is -0.136. The highest BCUT2D eigenvalue weighted by Gasteiger charge is 2.39. The number of benzene rings is 2. The van der Waals surface area contributed by atoms with Crippen molar-refractivity contribution in [2.24, 2.45) is 11.8 Å². The van der Waals surface area contributed by atoms with Gasteiger partial charge in [0.05, 0.1) is 55.1 Å². The molecule has 4 amide bonds. The number of nitrogens with zero attached hydrogens (tertiary/aromatic N) is 5. The number of methoxy groups -OCH3 is 2. The quantitative estimate of drug-likeness (QED) is 0.110. The number of rotatable bonds is 11. The molecule has 4 N–H and O–H groups in total. The smallest absolute Gasteiger partial charge is 0.407 e. The van der Waals surface area contributed by atoms with E-state index in [1.54, 1.807) is 28.1 Å². The average molecular weight is 808 g/mol. The number of ether oxygens (including phenoxy) is 2. The predicted octanol–water partition coefficient (Wildman–Crippen LogP) is 6.91. The molecule has 2 aromatic carbocycles. The Labute approximate surface area is 341 Å². The fourth-order valence-electron chi connectivity index (χ4n) is 8.02. The van der Waals surface area contributed by atoms with E-state index in [1.807, 2.05) is 64.2 Å². The van der Waals surface area contributed by atoms with Crippen LogP contribution >= 0.6 is 0 Å². The van der Waals surface area contributed by atoms with Gasteiger partial charge in [0.1, 0.15) is 29.5 Å². The summed E-state index contributed by atoms with van der Waals surface area (Å²) in [5.74, 6) is 0.159. The second kappa shape index (κ2) is 17.3. The third kappa shape index (κ3) is 8.47. The maximum absolute atomic E-state index is 15.8. The largest absolute Gasteiger partial charge is 0.453 e. The third-order valence-electron chi connectivity index (χ3n) is 11.2. The Balaban J connectivity index is 1.05. The van der Waals surface area contributed by atoms with Gasteiger partial charge in [0, 0.05) is 41.4 Å². The molecule has 0 spiro atoms. The van der Waals surface area contributed by atoms with Crippen LogP contribution in [0.1, 0.15) is 77.1 Å². The molecule has 3 aromatic heterocycles. The van der Waals surface area contributed by atoms with Crippen LogP contribution in [0.15, 0.2) is 60.9 Å². The van der Waals surface area contributed by atoms with Crippen molar-refractivity contribution in [3.05, 3.63) is 78.4 Å². The zero-order valence-corrected chi connectivity index (χ0v) is 34.0. The van der Waals surface area contributed by atoms with Crippen molar-refractivity contribution in [3.8, 4) is 33.8 Å². The number of amides is 4. The highest BCUT2D eigenvalue weighted by Crippen LogP contribution is 2.36. The van der Waals surface area contributed by atoms with E-state index in [1.165, 1.54) is 20.3 Å². The molecule has 0 bridgehead atoms. The molecule has 310 valence electrons. The highest BCUT2D eigenvalue weighted by atomic mass is 19.1. The minimum atomic E-state index is -0.745. The average Bonchev–Trinajstić information content (AvgIpc) is 4.07. The van der Waals surface area contributed by atoms with Crippen molar-refractivity contribution in [2.45, 2.75) is 77.5 Å². The first-order valence-electron chi connectivity index (χ1n) is 20.0. The Hall–Kier alpha value is -6.32. The van der Waals surface area contributed by atoms with E-state index in [4.69, 9.17) is 19.4 Å². The highest BCUT2D eigenvalue weighted by molar-refractivity contribution is 5.88. The first kappa shape index (κ1) is 40.9. The molecule has 5 aromatic rings. The van der Waals surface area contributed by atoms with E-state index >= 15 is 4.39 Å². The van der Waals surface area contributed by atoms with Gasteiger partial charge in [0.2, 0.25) is 11.8 Å². The Kier molecular flexibility index (Phi) is 12.0. The molecule has 0 saturated carbocycles. The van der Waals surface area contributed by atoms with Crippen LogP contribution in [0.5, 0.6) is 0 Å². The van der Waals surface area contributed by atoms with E-state index in [0.717, 1.165) is 30.2 Å². The first-order valence-corrected chi connectivity index (χ1v) is 20.0. The number of carbonyl (C=O) groups excluding carboxylic acids is 4. The van der Waals surface area contributed by atoms with Crippen LogP contribution < -0.4 is 10.6 Å². The van der Waals surface area contributed by atoms with Crippen LogP contribution in [0, 0.1) is 17.7 Å². The zero-order chi connectivity index (χ0) is 42.0. The van der Waals surface area contributed by atoms with Crippen LogP contribution in [-0.2, 0) is 19.1 Å². The van der Waals surface area contributed by atoms with Gasteiger partial charge in [-0.3, -0.25) is 9.59 Å². The van der Waals surface area contributed by atoms with Gasteiger partial charge in [-0.2, -0.15) is 0 Å². The Morgan fingerprint density at radius 3 is 1.97 bits per heavy atom. The molecular weight excluding hydrogens is 758 g/mol. The van der Waals surface area contributed by atoms with Crippen LogP contribution in [0.25, 0.3) is 44.7 Å². The number of H-pyrrole nitrogens is 2. The molecule has 7 rings (SSSR count). The van der Waals surface area contributed by atoms with Crippen molar-refractivity contribution < 1.29 is 33.0 Å². The summed E-state index contributed by atoms with van der Waals surface area (Å²) in [7, 11) is 2.54. The second-order valence-corrected chi connectivity index (χ2v) is 15.7. The summed E-state index contributed by atoms with van der Waals surface area (Å²) in [6, 6.07) is 12.4. The van der Waals surface area contributed by atoms with Gasteiger partial charge in [-0.1, -0.05) is 45.9 Å². The molecule has 15 nitrogen and oxygen atoms in total. The number of halogens is 1. The molecule has 0 aliphatic carbocycles. The number of carbonyl (C=O) groups is 4. The van der Waals surface area contributed by atoms with E-state index in [0.29, 0.717) is 64.9 Å². The van der Waals surface area contributed by atoms with Gasteiger partial charge in [-0.25, -0.2) is 28.9 Å². The number of imidazole rings is 2. The molecule has 2 saturated heterocycles. The number of pyridine rings is 1. The first-order chi connectivity index (χ1) is 28.4. The molecule has 4 atom stereocenters. The van der Waals surface area contributed by atoms with Crippen molar-refractivity contribution in [3.63, 3.8) is 0 Å². The summed E-state index contributed by atoms with van der Waals surface area (Å²) < 4.78 is 25.3. The standard InChI is InChI=1S/C43H50FN9O6/c1-23(2)36(50-42(56)58-5)40(54)52-17-7-9-34(52)38-45-21-32(48-38)26-12-15-30-25(19-26)13-16-31(47-30)28-14-11-27(20-29(28)44)33-22-46-39(49-33)35-10-8-18-53(35)41(55)37(24(3)4)51-43(57)59-6/h11-16,19-24,34-37H,7-10,17-18H2,1-6H3,(H,45,48)(H,46,49)(H,50,56)(H,51,57)/t34?,35-,36-,37-/m0/s1. The fourth-order valence-corrected chi connectivity index (χ4v) is 8.02. The number of likely N-dealkylation sites (tertiary alicyclic amines) is 2. The van der Waals surface area contributed by atoms with E-state index in [-0.39, 0.29) is 35.7 Å². The second-order valence-electron chi connectivity index (χ2n) is 15.7.